The number of amides is 1. The van der Waals surface area contributed by atoms with Crippen molar-refractivity contribution in [2.75, 3.05) is 11.9 Å². The number of ether oxygens (including phenoxy) is 2. The average Bonchev–Trinajstić information content (AvgIpc) is 3.45. The van der Waals surface area contributed by atoms with Gasteiger partial charge in [0, 0.05) is 5.56 Å². The number of aromatic nitrogens is 4. The van der Waals surface area contributed by atoms with Gasteiger partial charge in [-0.15, -0.1) is 0 Å². The first-order valence-corrected chi connectivity index (χ1v) is 10.8. The second kappa shape index (κ2) is 9.57. The predicted octanol–water partition coefficient (Wildman–Crippen LogP) is 2.53. The molecule has 0 spiro atoms. The summed E-state index contributed by atoms with van der Waals surface area (Å²) >= 11 is 0. The number of aliphatic hydroxyl groups is 1. The highest BCUT2D eigenvalue weighted by Gasteiger charge is 2.46. The molecule has 10 nitrogen and oxygen atoms in total. The smallest absolute Gasteiger partial charge is 0.338 e. The van der Waals surface area contributed by atoms with Crippen LogP contribution in [0.15, 0.2) is 73.3 Å². The molecule has 0 unspecified atom stereocenters. The monoisotopic (exact) mass is 477 g/mol. The molecule has 5 rings (SSSR count). The summed E-state index contributed by atoms with van der Waals surface area (Å²) in [7, 11) is 0. The third-order valence-corrected chi connectivity index (χ3v) is 5.58. The van der Waals surface area contributed by atoms with Crippen LogP contribution in [0.1, 0.15) is 26.9 Å². The van der Waals surface area contributed by atoms with Crippen molar-refractivity contribution >= 4 is 28.9 Å². The molecule has 3 heterocycles. The van der Waals surface area contributed by atoms with Crippen LogP contribution in [0.25, 0.3) is 11.2 Å². The Bertz CT molecular complexity index is 1350. The van der Waals surface area contributed by atoms with Crippen LogP contribution in [0.4, 0.5) is 10.2 Å². The zero-order valence-corrected chi connectivity index (χ0v) is 18.2. The van der Waals surface area contributed by atoms with Gasteiger partial charge in [0.05, 0.1) is 11.9 Å². The molecule has 4 aromatic rings. The maximum absolute atomic E-state index is 14.8. The van der Waals surface area contributed by atoms with E-state index < -0.39 is 30.6 Å². The average molecular weight is 477 g/mol. The molecule has 0 saturated carbocycles. The minimum Gasteiger partial charge on any atom is -0.459 e. The number of rotatable bonds is 6. The molecule has 11 heteroatoms. The number of anilines is 1. The summed E-state index contributed by atoms with van der Waals surface area (Å²) in [5, 5.41) is 13.2. The Labute approximate surface area is 198 Å². The molecular formula is C24H20FN5O5. The molecule has 0 radical (unpaired) electrons. The van der Waals surface area contributed by atoms with Gasteiger partial charge in [0.2, 0.25) is 0 Å². The predicted molar refractivity (Wildman–Crippen MR) is 121 cm³/mol. The van der Waals surface area contributed by atoms with E-state index in [9.17, 15) is 19.1 Å². The standard InChI is InChI=1S/C24H20FN5O5/c25-17-16(11-34-24(33)15-9-5-2-6-10-15)35-23(19(17)31)30-13-28-18-20(26-12-27-21(18)30)29-22(32)14-7-3-1-4-8-14/h1-10,12-13,16-17,19,23,31H,11H2,(H,26,27,29,32)/t16-,17+,19+,23-/m0/s1. The molecule has 0 aliphatic carbocycles. The summed E-state index contributed by atoms with van der Waals surface area (Å²) in [6, 6.07) is 16.9. The molecule has 1 amide bonds. The van der Waals surface area contributed by atoms with Crippen molar-refractivity contribution < 1.29 is 28.6 Å². The number of carbonyl (C=O) groups is 2. The Hall–Kier alpha value is -4.22. The number of benzene rings is 2. The third-order valence-electron chi connectivity index (χ3n) is 5.58. The van der Waals surface area contributed by atoms with Crippen LogP contribution < -0.4 is 5.32 Å². The quantitative estimate of drug-likeness (QED) is 0.406. The van der Waals surface area contributed by atoms with Gasteiger partial charge in [-0.05, 0) is 24.3 Å². The van der Waals surface area contributed by atoms with Crippen LogP contribution in [0.2, 0.25) is 0 Å². The molecule has 1 aliphatic heterocycles. The van der Waals surface area contributed by atoms with Crippen molar-refractivity contribution in [2.45, 2.75) is 24.6 Å². The molecule has 1 saturated heterocycles. The number of imidazole rings is 1. The summed E-state index contributed by atoms with van der Waals surface area (Å²) in [4.78, 5) is 37.2. The summed E-state index contributed by atoms with van der Waals surface area (Å²) in [5.41, 5.74) is 1.21. The second-order valence-corrected chi connectivity index (χ2v) is 7.83. The van der Waals surface area contributed by atoms with E-state index in [1.807, 2.05) is 0 Å². The zero-order chi connectivity index (χ0) is 24.4. The maximum Gasteiger partial charge on any atom is 0.338 e. The van der Waals surface area contributed by atoms with Crippen molar-refractivity contribution in [2.24, 2.45) is 0 Å². The fourth-order valence-corrected chi connectivity index (χ4v) is 3.79. The summed E-state index contributed by atoms with van der Waals surface area (Å²) in [5.74, 6) is -0.861. The SMILES string of the molecule is O=C(Nc1ncnc2c1ncn2[C@H]1O[C@@H](COC(=O)c2ccccc2)[C@@H](F)[C@H]1O)c1ccccc1. The highest BCUT2D eigenvalue weighted by molar-refractivity contribution is 6.06. The molecule has 2 aromatic heterocycles. The van der Waals surface area contributed by atoms with E-state index in [4.69, 9.17) is 9.47 Å². The first kappa shape index (κ1) is 22.6. The van der Waals surface area contributed by atoms with Crippen molar-refractivity contribution in [3.63, 3.8) is 0 Å². The van der Waals surface area contributed by atoms with Gasteiger partial charge < -0.3 is 19.9 Å². The number of esters is 1. The molecule has 2 aromatic carbocycles. The lowest BCUT2D eigenvalue weighted by Gasteiger charge is -2.16. The molecule has 4 atom stereocenters. The molecule has 1 aliphatic rings. The summed E-state index contributed by atoms with van der Waals surface area (Å²) in [6.07, 6.45) is -3.22. The van der Waals surface area contributed by atoms with E-state index in [1.165, 1.54) is 17.2 Å². The Morgan fingerprint density at radius 1 is 1.03 bits per heavy atom. The fraction of sp³-hybridized carbons (Fsp3) is 0.208. The number of fused-ring (bicyclic) bond motifs is 1. The normalized spacial score (nSPS) is 21.7. The highest BCUT2D eigenvalue weighted by Crippen LogP contribution is 2.34. The Kier molecular flexibility index (Phi) is 6.17. The number of carbonyl (C=O) groups excluding carboxylic acids is 2. The minimum absolute atomic E-state index is 0.153. The van der Waals surface area contributed by atoms with Crippen LogP contribution in [0.3, 0.4) is 0 Å². The van der Waals surface area contributed by atoms with Crippen molar-refractivity contribution in [1.82, 2.24) is 19.5 Å². The van der Waals surface area contributed by atoms with Gasteiger partial charge in [0.1, 0.15) is 25.1 Å². The van der Waals surface area contributed by atoms with E-state index >= 15 is 0 Å². The van der Waals surface area contributed by atoms with Gasteiger partial charge in [0.25, 0.3) is 5.91 Å². The largest absolute Gasteiger partial charge is 0.459 e. The van der Waals surface area contributed by atoms with Gasteiger partial charge in [-0.2, -0.15) is 0 Å². The Morgan fingerprint density at radius 3 is 2.43 bits per heavy atom. The molecule has 1 fully saturated rings. The van der Waals surface area contributed by atoms with Gasteiger partial charge in [0.15, 0.2) is 29.4 Å². The molecular weight excluding hydrogens is 457 g/mol. The maximum atomic E-state index is 14.8. The van der Waals surface area contributed by atoms with E-state index in [0.29, 0.717) is 11.1 Å². The second-order valence-electron chi connectivity index (χ2n) is 7.83. The molecule has 178 valence electrons. The number of alkyl halides is 1. The van der Waals surface area contributed by atoms with Crippen LogP contribution in [0, 0.1) is 0 Å². The van der Waals surface area contributed by atoms with Crippen LogP contribution in [-0.4, -0.2) is 61.5 Å². The van der Waals surface area contributed by atoms with Crippen molar-refractivity contribution in [3.8, 4) is 0 Å². The van der Waals surface area contributed by atoms with Gasteiger partial charge in [-0.25, -0.2) is 24.1 Å². The van der Waals surface area contributed by atoms with Crippen molar-refractivity contribution in [3.05, 3.63) is 84.4 Å². The third kappa shape index (κ3) is 4.46. The van der Waals surface area contributed by atoms with Crippen molar-refractivity contribution in [1.29, 1.82) is 0 Å². The first-order chi connectivity index (χ1) is 17.0. The first-order valence-electron chi connectivity index (χ1n) is 10.8. The lowest BCUT2D eigenvalue weighted by Crippen LogP contribution is -2.31. The number of nitrogens with one attached hydrogen (secondary N) is 1. The molecule has 2 N–H and O–H groups in total. The van der Waals surface area contributed by atoms with E-state index in [1.54, 1.807) is 60.7 Å². The number of nitrogens with zero attached hydrogens (tertiary/aromatic N) is 4. The van der Waals surface area contributed by atoms with Crippen LogP contribution in [0.5, 0.6) is 0 Å². The zero-order valence-electron chi connectivity index (χ0n) is 18.2. The van der Waals surface area contributed by atoms with Crippen LogP contribution >= 0.6 is 0 Å². The Balaban J connectivity index is 1.32. The summed E-state index contributed by atoms with van der Waals surface area (Å²) < 4.78 is 27.0. The number of hydrogen-bond acceptors (Lipinski definition) is 8. The minimum atomic E-state index is -1.82. The number of halogens is 1. The molecule has 35 heavy (non-hydrogen) atoms. The molecule has 0 bridgehead atoms. The fourth-order valence-electron chi connectivity index (χ4n) is 3.79. The van der Waals surface area contributed by atoms with Gasteiger partial charge in [-0.1, -0.05) is 36.4 Å². The Morgan fingerprint density at radius 2 is 1.71 bits per heavy atom. The van der Waals surface area contributed by atoms with E-state index in [-0.39, 0.29) is 29.5 Å². The van der Waals surface area contributed by atoms with E-state index in [2.05, 4.69) is 20.3 Å². The lowest BCUT2D eigenvalue weighted by atomic mass is 10.1. The van der Waals surface area contributed by atoms with Crippen LogP contribution in [-0.2, 0) is 9.47 Å². The number of aliphatic hydroxyl groups excluding tert-OH is 1. The van der Waals surface area contributed by atoms with Gasteiger partial charge >= 0.3 is 5.97 Å². The topological polar surface area (TPSA) is 128 Å². The highest BCUT2D eigenvalue weighted by atomic mass is 19.1. The van der Waals surface area contributed by atoms with Gasteiger partial charge in [-0.3, -0.25) is 9.36 Å². The summed E-state index contributed by atoms with van der Waals surface area (Å²) in [6.45, 7) is -0.386. The van der Waals surface area contributed by atoms with E-state index in [0.717, 1.165) is 0 Å². The lowest BCUT2D eigenvalue weighted by molar-refractivity contribution is -0.0544. The number of hydrogen-bond donors (Lipinski definition) is 2.